The molecular formula is C22H20N2O2. The molecule has 1 atom stereocenters. The van der Waals surface area contributed by atoms with Crippen LogP contribution >= 0.6 is 0 Å². The van der Waals surface area contributed by atoms with E-state index in [1.54, 1.807) is 0 Å². The molecule has 1 aromatic heterocycles. The van der Waals surface area contributed by atoms with Crippen LogP contribution in [0.1, 0.15) is 11.1 Å². The number of aliphatic carboxylic acids is 1. The molecule has 0 fully saturated rings. The van der Waals surface area contributed by atoms with Crippen LogP contribution in [0.25, 0.3) is 21.8 Å². The maximum atomic E-state index is 11.1. The molecule has 0 radical (unpaired) electrons. The normalized spacial score (nSPS) is 12.5. The van der Waals surface area contributed by atoms with Gasteiger partial charge in [-0.1, -0.05) is 54.6 Å². The number of fused-ring (bicyclic) bond motifs is 3. The van der Waals surface area contributed by atoms with Gasteiger partial charge in [-0.25, -0.2) is 0 Å². The molecule has 0 spiro atoms. The summed E-state index contributed by atoms with van der Waals surface area (Å²) in [5.41, 5.74) is 10.2. The van der Waals surface area contributed by atoms with E-state index in [-0.39, 0.29) is 0 Å². The van der Waals surface area contributed by atoms with E-state index in [4.69, 9.17) is 10.8 Å². The number of hydrogen-bond donors (Lipinski definition) is 2. The zero-order chi connectivity index (χ0) is 18.1. The van der Waals surface area contributed by atoms with Crippen LogP contribution in [-0.4, -0.2) is 21.7 Å². The summed E-state index contributed by atoms with van der Waals surface area (Å²) in [4.78, 5) is 11.1. The Morgan fingerprint density at radius 3 is 2.35 bits per heavy atom. The van der Waals surface area contributed by atoms with Gasteiger partial charge in [0, 0.05) is 28.4 Å². The van der Waals surface area contributed by atoms with Crippen molar-refractivity contribution in [1.82, 2.24) is 4.57 Å². The van der Waals surface area contributed by atoms with Gasteiger partial charge in [0.05, 0.1) is 0 Å². The third-order valence-electron chi connectivity index (χ3n) is 4.79. The van der Waals surface area contributed by atoms with Crippen LogP contribution in [0, 0.1) is 0 Å². The number of carboxylic acid groups (broad SMARTS) is 1. The van der Waals surface area contributed by atoms with Crippen molar-refractivity contribution < 1.29 is 9.90 Å². The Bertz CT molecular complexity index is 1080. The summed E-state index contributed by atoms with van der Waals surface area (Å²) in [6.07, 6.45) is 0.323. The quantitative estimate of drug-likeness (QED) is 0.579. The van der Waals surface area contributed by atoms with Crippen molar-refractivity contribution in [2.75, 3.05) is 0 Å². The number of hydrogen-bond acceptors (Lipinski definition) is 2. The monoisotopic (exact) mass is 344 g/mol. The summed E-state index contributed by atoms with van der Waals surface area (Å²) in [6.45, 7) is 0.791. The molecule has 4 rings (SSSR count). The maximum absolute atomic E-state index is 11.1. The average molecular weight is 344 g/mol. The van der Waals surface area contributed by atoms with Crippen LogP contribution in [-0.2, 0) is 17.8 Å². The molecule has 130 valence electrons. The largest absolute Gasteiger partial charge is 0.480 e. The lowest BCUT2D eigenvalue weighted by molar-refractivity contribution is -0.138. The van der Waals surface area contributed by atoms with E-state index in [1.165, 1.54) is 16.5 Å². The van der Waals surface area contributed by atoms with E-state index in [2.05, 4.69) is 53.1 Å². The highest BCUT2D eigenvalue weighted by atomic mass is 16.4. The number of para-hydroxylation sites is 1. The Labute approximate surface area is 151 Å². The van der Waals surface area contributed by atoms with Gasteiger partial charge < -0.3 is 15.4 Å². The highest BCUT2D eigenvalue weighted by Gasteiger charge is 2.15. The molecule has 3 N–H and O–H groups in total. The highest BCUT2D eigenvalue weighted by molar-refractivity contribution is 6.08. The zero-order valence-corrected chi connectivity index (χ0v) is 14.3. The molecule has 0 saturated carbocycles. The van der Waals surface area contributed by atoms with Crippen molar-refractivity contribution in [3.63, 3.8) is 0 Å². The smallest absolute Gasteiger partial charge is 0.320 e. The fraction of sp³-hybridized carbons (Fsp3) is 0.136. The van der Waals surface area contributed by atoms with Crippen LogP contribution in [0.3, 0.4) is 0 Å². The number of rotatable bonds is 5. The van der Waals surface area contributed by atoms with Crippen LogP contribution in [0.15, 0.2) is 72.8 Å². The summed E-state index contributed by atoms with van der Waals surface area (Å²) in [6, 6.07) is 23.9. The lowest BCUT2D eigenvalue weighted by atomic mass is 10.0. The second kappa shape index (κ2) is 6.65. The van der Waals surface area contributed by atoms with Crippen LogP contribution in [0.4, 0.5) is 0 Å². The SMILES string of the molecule is NC(Cc1ccc2c(c1)c1ccccc1n2Cc1ccccc1)C(=O)O. The first-order valence-corrected chi connectivity index (χ1v) is 8.65. The van der Waals surface area contributed by atoms with Gasteiger partial charge in [-0.05, 0) is 35.7 Å². The topological polar surface area (TPSA) is 68.2 Å². The predicted molar refractivity (Wildman–Crippen MR) is 104 cm³/mol. The number of benzene rings is 3. The van der Waals surface area contributed by atoms with Crippen molar-refractivity contribution in [2.24, 2.45) is 5.73 Å². The molecule has 26 heavy (non-hydrogen) atoms. The Hall–Kier alpha value is -3.11. The molecule has 0 saturated heterocycles. The molecule has 0 aliphatic rings. The van der Waals surface area contributed by atoms with Crippen LogP contribution in [0.2, 0.25) is 0 Å². The minimum atomic E-state index is -0.975. The summed E-state index contributed by atoms with van der Waals surface area (Å²) >= 11 is 0. The molecule has 4 nitrogen and oxygen atoms in total. The number of carboxylic acids is 1. The van der Waals surface area contributed by atoms with Crippen molar-refractivity contribution >= 4 is 27.8 Å². The van der Waals surface area contributed by atoms with Gasteiger partial charge in [-0.3, -0.25) is 4.79 Å². The van der Waals surface area contributed by atoms with E-state index in [0.717, 1.165) is 23.0 Å². The van der Waals surface area contributed by atoms with Gasteiger partial charge >= 0.3 is 5.97 Å². The first-order valence-electron chi connectivity index (χ1n) is 8.65. The first-order chi connectivity index (χ1) is 12.6. The van der Waals surface area contributed by atoms with Crippen molar-refractivity contribution in [3.8, 4) is 0 Å². The average Bonchev–Trinajstić information content (AvgIpc) is 2.96. The van der Waals surface area contributed by atoms with E-state index < -0.39 is 12.0 Å². The molecule has 4 aromatic rings. The number of carbonyl (C=O) groups is 1. The fourth-order valence-corrected chi connectivity index (χ4v) is 3.51. The molecule has 3 aromatic carbocycles. The third kappa shape index (κ3) is 2.95. The Morgan fingerprint density at radius 2 is 1.58 bits per heavy atom. The van der Waals surface area contributed by atoms with Gasteiger partial charge in [0.1, 0.15) is 6.04 Å². The van der Waals surface area contributed by atoms with Gasteiger partial charge in [0.2, 0.25) is 0 Å². The van der Waals surface area contributed by atoms with Crippen molar-refractivity contribution in [2.45, 2.75) is 19.0 Å². The van der Waals surface area contributed by atoms with E-state index in [0.29, 0.717) is 6.42 Å². The van der Waals surface area contributed by atoms with Crippen LogP contribution < -0.4 is 5.73 Å². The van der Waals surface area contributed by atoms with Gasteiger partial charge in [0.25, 0.3) is 0 Å². The first kappa shape index (κ1) is 16.4. The van der Waals surface area contributed by atoms with E-state index in [9.17, 15) is 4.79 Å². The Balaban J connectivity index is 1.84. The Morgan fingerprint density at radius 1 is 0.885 bits per heavy atom. The minimum Gasteiger partial charge on any atom is -0.480 e. The van der Waals surface area contributed by atoms with Gasteiger partial charge in [-0.2, -0.15) is 0 Å². The molecule has 0 aliphatic heterocycles. The number of aromatic nitrogens is 1. The summed E-state index contributed by atoms with van der Waals surface area (Å²) in [5, 5.41) is 11.4. The van der Waals surface area contributed by atoms with E-state index in [1.807, 2.05) is 24.3 Å². The summed E-state index contributed by atoms with van der Waals surface area (Å²) in [5.74, 6) is -0.975. The van der Waals surface area contributed by atoms with E-state index >= 15 is 0 Å². The lowest BCUT2D eigenvalue weighted by Crippen LogP contribution is -2.32. The molecular weight excluding hydrogens is 324 g/mol. The lowest BCUT2D eigenvalue weighted by Gasteiger charge is -2.09. The molecule has 4 heteroatoms. The number of nitrogens with two attached hydrogens (primary N) is 1. The summed E-state index contributed by atoms with van der Waals surface area (Å²) in [7, 11) is 0. The fourth-order valence-electron chi connectivity index (χ4n) is 3.51. The minimum absolute atomic E-state index is 0.323. The van der Waals surface area contributed by atoms with Crippen molar-refractivity contribution in [3.05, 3.63) is 83.9 Å². The molecule has 0 bridgehead atoms. The second-order valence-corrected chi connectivity index (χ2v) is 6.59. The zero-order valence-electron chi connectivity index (χ0n) is 14.3. The van der Waals surface area contributed by atoms with Crippen molar-refractivity contribution in [1.29, 1.82) is 0 Å². The summed E-state index contributed by atoms with van der Waals surface area (Å²) < 4.78 is 2.31. The predicted octanol–water partition coefficient (Wildman–Crippen LogP) is 3.80. The third-order valence-corrected chi connectivity index (χ3v) is 4.79. The highest BCUT2D eigenvalue weighted by Crippen LogP contribution is 2.30. The Kier molecular flexibility index (Phi) is 4.19. The van der Waals surface area contributed by atoms with Gasteiger partial charge in [-0.15, -0.1) is 0 Å². The molecule has 1 unspecified atom stereocenters. The standard InChI is InChI=1S/C22H20N2O2/c23-19(22(25)26)13-16-10-11-21-18(12-16)17-8-4-5-9-20(17)24(21)14-15-6-2-1-3-7-15/h1-12,19H,13-14,23H2,(H,25,26). The second-order valence-electron chi connectivity index (χ2n) is 6.59. The van der Waals surface area contributed by atoms with Crippen LogP contribution in [0.5, 0.6) is 0 Å². The number of nitrogens with zero attached hydrogens (tertiary/aromatic N) is 1. The molecule has 0 aliphatic carbocycles. The maximum Gasteiger partial charge on any atom is 0.320 e. The molecule has 0 amide bonds. The molecule has 1 heterocycles. The van der Waals surface area contributed by atoms with Gasteiger partial charge in [0.15, 0.2) is 0 Å².